The molecule has 152 valence electrons. The predicted molar refractivity (Wildman–Crippen MR) is 114 cm³/mol. The number of nitrogens with one attached hydrogen (secondary N) is 2. The fourth-order valence-corrected chi connectivity index (χ4v) is 3.26. The fraction of sp³-hybridized carbons (Fsp3) is 0.174. The Kier molecular flexibility index (Phi) is 5.61. The molecule has 3 aromatic heterocycles. The van der Waals surface area contributed by atoms with Gasteiger partial charge in [0.2, 0.25) is 5.91 Å². The van der Waals surface area contributed by atoms with Gasteiger partial charge in [-0.05, 0) is 37.1 Å². The molecule has 2 amide bonds. The Morgan fingerprint density at radius 3 is 2.67 bits per heavy atom. The van der Waals surface area contributed by atoms with Crippen molar-refractivity contribution in [1.82, 2.24) is 14.7 Å². The molecule has 4 aromatic rings. The van der Waals surface area contributed by atoms with Gasteiger partial charge in [-0.15, -0.1) is 0 Å². The van der Waals surface area contributed by atoms with Crippen LogP contribution in [0, 0.1) is 6.92 Å². The van der Waals surface area contributed by atoms with Crippen LogP contribution >= 0.6 is 0 Å². The minimum atomic E-state index is -0.288. The van der Waals surface area contributed by atoms with E-state index < -0.39 is 0 Å². The van der Waals surface area contributed by atoms with E-state index >= 15 is 0 Å². The number of pyridine rings is 1. The zero-order valence-corrected chi connectivity index (χ0v) is 16.6. The van der Waals surface area contributed by atoms with Gasteiger partial charge in [-0.2, -0.15) is 0 Å². The van der Waals surface area contributed by atoms with Gasteiger partial charge < -0.3 is 15.1 Å². The van der Waals surface area contributed by atoms with Crippen LogP contribution in [0.5, 0.6) is 0 Å². The number of fused-ring (bicyclic) bond motifs is 1. The molecule has 0 atom stereocenters. The molecule has 0 saturated heterocycles. The quantitative estimate of drug-likeness (QED) is 0.457. The molecule has 1 aromatic carbocycles. The lowest BCUT2D eigenvalue weighted by Gasteiger charge is -2.08. The first-order valence-electron chi connectivity index (χ1n) is 9.78. The number of imidazole rings is 1. The van der Waals surface area contributed by atoms with Crippen LogP contribution in [0.4, 0.5) is 5.82 Å². The average Bonchev–Trinajstić information content (AvgIpc) is 3.41. The number of hydrogen-bond acceptors (Lipinski definition) is 4. The van der Waals surface area contributed by atoms with E-state index in [0.29, 0.717) is 18.8 Å². The van der Waals surface area contributed by atoms with Crippen LogP contribution < -0.4 is 10.6 Å². The van der Waals surface area contributed by atoms with E-state index in [9.17, 15) is 9.59 Å². The summed E-state index contributed by atoms with van der Waals surface area (Å²) in [5.74, 6) is 0.476. The number of amides is 2. The lowest BCUT2D eigenvalue weighted by Crippen LogP contribution is -2.25. The second kappa shape index (κ2) is 8.65. The van der Waals surface area contributed by atoms with Crippen molar-refractivity contribution in [3.05, 3.63) is 78.4 Å². The average molecular weight is 402 g/mol. The molecule has 0 unspecified atom stereocenters. The number of nitrogens with zero attached hydrogens (tertiary/aromatic N) is 2. The SMILES string of the molecule is Cc1cccn2c(NC(=O)CCCNC(=O)c3ccco3)c(-c3ccccc3)nc12. The molecule has 0 radical (unpaired) electrons. The first-order chi connectivity index (χ1) is 14.6. The molecule has 0 aliphatic heterocycles. The monoisotopic (exact) mass is 402 g/mol. The molecule has 2 N–H and O–H groups in total. The van der Waals surface area contributed by atoms with E-state index in [-0.39, 0.29) is 24.0 Å². The highest BCUT2D eigenvalue weighted by Crippen LogP contribution is 2.29. The molecular formula is C23H22N4O3. The molecule has 7 heteroatoms. The third-order valence-electron chi connectivity index (χ3n) is 4.76. The number of aromatic nitrogens is 2. The second-order valence-electron chi connectivity index (χ2n) is 6.94. The topological polar surface area (TPSA) is 88.6 Å². The summed E-state index contributed by atoms with van der Waals surface area (Å²) >= 11 is 0. The van der Waals surface area contributed by atoms with Crippen LogP contribution in [0.2, 0.25) is 0 Å². The summed E-state index contributed by atoms with van der Waals surface area (Å²) in [7, 11) is 0. The number of anilines is 1. The lowest BCUT2D eigenvalue weighted by molar-refractivity contribution is -0.116. The molecule has 7 nitrogen and oxygen atoms in total. The van der Waals surface area contributed by atoms with Crippen molar-refractivity contribution in [3.8, 4) is 11.3 Å². The van der Waals surface area contributed by atoms with Gasteiger partial charge in [0.1, 0.15) is 17.2 Å². The highest BCUT2D eigenvalue weighted by atomic mass is 16.3. The van der Waals surface area contributed by atoms with Gasteiger partial charge in [-0.3, -0.25) is 14.0 Å². The van der Waals surface area contributed by atoms with Crippen molar-refractivity contribution < 1.29 is 14.0 Å². The minimum Gasteiger partial charge on any atom is -0.459 e. The molecular weight excluding hydrogens is 380 g/mol. The third-order valence-corrected chi connectivity index (χ3v) is 4.76. The predicted octanol–water partition coefficient (Wildman–Crippen LogP) is 4.05. The molecule has 0 aliphatic rings. The van der Waals surface area contributed by atoms with Crippen LogP contribution in [0.3, 0.4) is 0 Å². The zero-order chi connectivity index (χ0) is 20.9. The van der Waals surface area contributed by atoms with Crippen molar-refractivity contribution in [2.45, 2.75) is 19.8 Å². The minimum absolute atomic E-state index is 0.136. The molecule has 0 spiro atoms. The van der Waals surface area contributed by atoms with Gasteiger partial charge in [0.25, 0.3) is 5.91 Å². The molecule has 4 rings (SSSR count). The number of aryl methyl sites for hydroxylation is 1. The standard InChI is InChI=1S/C23H22N4O3/c1-16-8-6-14-27-21(16)26-20(17-9-3-2-4-10-17)22(27)25-19(28)12-5-13-24-23(29)18-11-7-15-30-18/h2-4,6-11,14-15H,5,12-13H2,1H3,(H,24,29)(H,25,28). The first-order valence-corrected chi connectivity index (χ1v) is 9.78. The first kappa shape index (κ1) is 19.4. The maximum atomic E-state index is 12.6. The van der Waals surface area contributed by atoms with E-state index in [1.54, 1.807) is 12.1 Å². The van der Waals surface area contributed by atoms with Crippen molar-refractivity contribution in [1.29, 1.82) is 0 Å². The summed E-state index contributed by atoms with van der Waals surface area (Å²) in [5, 5.41) is 5.75. The second-order valence-corrected chi connectivity index (χ2v) is 6.94. The van der Waals surface area contributed by atoms with Gasteiger partial charge in [0.05, 0.1) is 6.26 Å². The number of carbonyl (C=O) groups is 2. The van der Waals surface area contributed by atoms with Crippen LogP contribution in [0.25, 0.3) is 16.9 Å². The van der Waals surface area contributed by atoms with E-state index in [0.717, 1.165) is 22.5 Å². The van der Waals surface area contributed by atoms with Crippen LogP contribution in [0.1, 0.15) is 29.0 Å². The Bertz CT molecular complexity index is 1160. The summed E-state index contributed by atoms with van der Waals surface area (Å²) in [6.45, 7) is 2.37. The van der Waals surface area contributed by atoms with E-state index in [1.807, 2.05) is 60.0 Å². The van der Waals surface area contributed by atoms with Crippen LogP contribution in [0.15, 0.2) is 71.5 Å². The zero-order valence-electron chi connectivity index (χ0n) is 16.6. The molecule has 3 heterocycles. The Labute approximate surface area is 173 Å². The van der Waals surface area contributed by atoms with E-state index in [2.05, 4.69) is 10.6 Å². The molecule has 30 heavy (non-hydrogen) atoms. The molecule has 0 fully saturated rings. The maximum Gasteiger partial charge on any atom is 0.286 e. The number of carbonyl (C=O) groups excluding carboxylic acids is 2. The fourth-order valence-electron chi connectivity index (χ4n) is 3.26. The normalized spacial score (nSPS) is 10.8. The number of rotatable bonds is 7. The van der Waals surface area contributed by atoms with Gasteiger partial charge in [-0.25, -0.2) is 4.98 Å². The van der Waals surface area contributed by atoms with Crippen molar-refractivity contribution in [3.63, 3.8) is 0 Å². The maximum absolute atomic E-state index is 12.6. The smallest absolute Gasteiger partial charge is 0.286 e. The largest absolute Gasteiger partial charge is 0.459 e. The Hall–Kier alpha value is -3.87. The summed E-state index contributed by atoms with van der Waals surface area (Å²) in [6.07, 6.45) is 4.12. The van der Waals surface area contributed by atoms with Crippen molar-refractivity contribution in [2.24, 2.45) is 0 Å². The number of benzene rings is 1. The van der Waals surface area contributed by atoms with Gasteiger partial charge in [-0.1, -0.05) is 36.4 Å². The summed E-state index contributed by atoms with van der Waals surface area (Å²) in [5.41, 5.74) is 3.49. The van der Waals surface area contributed by atoms with E-state index in [4.69, 9.17) is 9.40 Å². The lowest BCUT2D eigenvalue weighted by atomic mass is 10.1. The molecule has 0 bridgehead atoms. The third kappa shape index (κ3) is 4.10. The number of furan rings is 1. The Morgan fingerprint density at radius 1 is 1.07 bits per heavy atom. The van der Waals surface area contributed by atoms with Crippen LogP contribution in [-0.4, -0.2) is 27.7 Å². The van der Waals surface area contributed by atoms with Gasteiger partial charge in [0.15, 0.2) is 5.76 Å². The van der Waals surface area contributed by atoms with Crippen LogP contribution in [-0.2, 0) is 4.79 Å². The summed E-state index contributed by atoms with van der Waals surface area (Å²) in [4.78, 5) is 29.2. The molecule has 0 saturated carbocycles. The van der Waals surface area contributed by atoms with E-state index in [1.165, 1.54) is 6.26 Å². The highest BCUT2D eigenvalue weighted by molar-refractivity contribution is 5.95. The number of hydrogen-bond donors (Lipinski definition) is 2. The van der Waals surface area contributed by atoms with Crippen molar-refractivity contribution >= 4 is 23.3 Å². The molecule has 0 aliphatic carbocycles. The summed E-state index contributed by atoms with van der Waals surface area (Å²) in [6, 6.07) is 16.9. The Morgan fingerprint density at radius 2 is 1.90 bits per heavy atom. The van der Waals surface area contributed by atoms with Gasteiger partial charge in [0, 0.05) is 24.7 Å². The highest BCUT2D eigenvalue weighted by Gasteiger charge is 2.17. The Balaban J connectivity index is 1.45. The van der Waals surface area contributed by atoms with Crippen molar-refractivity contribution in [2.75, 3.05) is 11.9 Å². The summed E-state index contributed by atoms with van der Waals surface area (Å²) < 4.78 is 6.95. The van der Waals surface area contributed by atoms with Gasteiger partial charge >= 0.3 is 0 Å².